The van der Waals surface area contributed by atoms with Crippen LogP contribution >= 0.6 is 0 Å². The Morgan fingerprint density at radius 2 is 2.00 bits per heavy atom. The third kappa shape index (κ3) is 2.91. The molecule has 0 aliphatic carbocycles. The molecule has 1 N–H and O–H groups in total. The number of methoxy groups -OCH3 is 1. The van der Waals surface area contributed by atoms with Crippen LogP contribution in [0.3, 0.4) is 0 Å². The normalized spacial score (nSPS) is 19.9. The number of aliphatic hydroxyl groups excluding tert-OH is 1. The van der Waals surface area contributed by atoms with Crippen LogP contribution in [0.4, 0.5) is 0 Å². The molecule has 19 heavy (non-hydrogen) atoms. The molecular weight excluding hydrogens is 244 g/mol. The highest BCUT2D eigenvalue weighted by Crippen LogP contribution is 2.40. The molecule has 1 aliphatic heterocycles. The number of rotatable bonds is 5. The van der Waals surface area contributed by atoms with Crippen molar-refractivity contribution in [1.82, 2.24) is 0 Å². The van der Waals surface area contributed by atoms with Crippen LogP contribution in [-0.4, -0.2) is 37.6 Å². The predicted molar refractivity (Wildman–Crippen MR) is 72.4 cm³/mol. The number of aliphatic hydroxyl groups is 1. The summed E-state index contributed by atoms with van der Waals surface area (Å²) < 4.78 is 16.6. The van der Waals surface area contributed by atoms with Gasteiger partial charge >= 0.3 is 0 Å². The van der Waals surface area contributed by atoms with Crippen LogP contribution in [0.5, 0.6) is 5.75 Å². The number of benzene rings is 1. The monoisotopic (exact) mass is 266 g/mol. The first-order valence-electron chi connectivity index (χ1n) is 6.76. The Morgan fingerprint density at radius 3 is 2.63 bits per heavy atom. The maximum atomic E-state index is 10.8. The van der Waals surface area contributed by atoms with Gasteiger partial charge in [-0.2, -0.15) is 0 Å². The van der Waals surface area contributed by atoms with Gasteiger partial charge in [0, 0.05) is 38.2 Å². The van der Waals surface area contributed by atoms with Crippen molar-refractivity contribution in [2.75, 3.05) is 26.9 Å². The van der Waals surface area contributed by atoms with E-state index in [2.05, 4.69) is 0 Å². The average Bonchev–Trinajstić information content (AvgIpc) is 2.47. The minimum absolute atomic E-state index is 0.568. The Balaban J connectivity index is 2.30. The third-order valence-electron chi connectivity index (χ3n) is 3.70. The molecule has 0 spiro atoms. The van der Waals surface area contributed by atoms with Crippen LogP contribution in [-0.2, 0) is 9.47 Å². The first kappa shape index (κ1) is 14.3. The third-order valence-corrected chi connectivity index (χ3v) is 3.70. The lowest BCUT2D eigenvalue weighted by Crippen LogP contribution is -2.44. The van der Waals surface area contributed by atoms with Gasteiger partial charge in [-0.05, 0) is 13.0 Å². The average molecular weight is 266 g/mol. The summed E-state index contributed by atoms with van der Waals surface area (Å²) in [6, 6.07) is 7.55. The molecule has 1 aromatic carbocycles. The summed E-state index contributed by atoms with van der Waals surface area (Å²) in [6.45, 7) is 3.76. The highest BCUT2D eigenvalue weighted by atomic mass is 16.5. The Hall–Kier alpha value is -1.10. The van der Waals surface area contributed by atoms with Crippen LogP contribution in [0.2, 0.25) is 0 Å². The fourth-order valence-corrected chi connectivity index (χ4v) is 2.68. The summed E-state index contributed by atoms with van der Waals surface area (Å²) in [7, 11) is 1.61. The van der Waals surface area contributed by atoms with Gasteiger partial charge in [0.2, 0.25) is 0 Å². The van der Waals surface area contributed by atoms with Crippen molar-refractivity contribution >= 4 is 0 Å². The molecule has 106 valence electrons. The van der Waals surface area contributed by atoms with E-state index in [0.29, 0.717) is 38.4 Å². The Morgan fingerprint density at radius 1 is 1.32 bits per heavy atom. The molecule has 1 aromatic rings. The van der Waals surface area contributed by atoms with E-state index in [0.717, 1.165) is 5.56 Å². The van der Waals surface area contributed by atoms with Gasteiger partial charge < -0.3 is 19.3 Å². The zero-order valence-corrected chi connectivity index (χ0v) is 11.6. The molecular formula is C15H22O4. The SMILES string of the molecule is CCOC1(C(O)c2ccccc2OC)CCOCC1. The summed E-state index contributed by atoms with van der Waals surface area (Å²) in [4.78, 5) is 0. The predicted octanol–water partition coefficient (Wildman–Crippen LogP) is 2.31. The van der Waals surface area contributed by atoms with Crippen molar-refractivity contribution in [1.29, 1.82) is 0 Å². The molecule has 0 aromatic heterocycles. The lowest BCUT2D eigenvalue weighted by atomic mass is 9.84. The van der Waals surface area contributed by atoms with Gasteiger partial charge in [0.25, 0.3) is 0 Å². The standard InChI is InChI=1S/C15H22O4/c1-3-19-15(8-10-18-11-9-15)14(16)12-6-4-5-7-13(12)17-2/h4-7,14,16H,3,8-11H2,1-2H3. The highest BCUT2D eigenvalue weighted by molar-refractivity contribution is 5.36. The number of hydrogen-bond acceptors (Lipinski definition) is 4. The van der Waals surface area contributed by atoms with E-state index < -0.39 is 11.7 Å². The smallest absolute Gasteiger partial charge is 0.124 e. The van der Waals surface area contributed by atoms with Crippen molar-refractivity contribution in [3.63, 3.8) is 0 Å². The lowest BCUT2D eigenvalue weighted by molar-refractivity contribution is -0.168. The molecule has 1 saturated heterocycles. The van der Waals surface area contributed by atoms with Crippen LogP contribution in [0.15, 0.2) is 24.3 Å². The summed E-state index contributed by atoms with van der Waals surface area (Å²) in [6.07, 6.45) is 0.688. The second-order valence-electron chi connectivity index (χ2n) is 4.75. The van der Waals surface area contributed by atoms with Crippen molar-refractivity contribution in [3.8, 4) is 5.75 Å². The van der Waals surface area contributed by atoms with E-state index in [-0.39, 0.29) is 0 Å². The zero-order chi connectivity index (χ0) is 13.7. The number of para-hydroxylation sites is 1. The molecule has 1 heterocycles. The fourth-order valence-electron chi connectivity index (χ4n) is 2.68. The molecule has 0 amide bonds. The van der Waals surface area contributed by atoms with Crippen LogP contribution in [0, 0.1) is 0 Å². The van der Waals surface area contributed by atoms with Gasteiger partial charge in [0.1, 0.15) is 17.5 Å². The molecule has 4 heteroatoms. The van der Waals surface area contributed by atoms with Gasteiger partial charge in [0.05, 0.1) is 7.11 Å². The van der Waals surface area contributed by atoms with Crippen molar-refractivity contribution in [2.24, 2.45) is 0 Å². The van der Waals surface area contributed by atoms with E-state index in [1.54, 1.807) is 7.11 Å². The van der Waals surface area contributed by atoms with Crippen molar-refractivity contribution in [2.45, 2.75) is 31.5 Å². The first-order chi connectivity index (χ1) is 9.23. The molecule has 1 atom stereocenters. The fraction of sp³-hybridized carbons (Fsp3) is 0.600. The molecule has 0 radical (unpaired) electrons. The molecule has 2 rings (SSSR count). The molecule has 1 fully saturated rings. The van der Waals surface area contributed by atoms with E-state index in [9.17, 15) is 5.11 Å². The highest BCUT2D eigenvalue weighted by Gasteiger charge is 2.42. The maximum Gasteiger partial charge on any atom is 0.124 e. The van der Waals surface area contributed by atoms with Crippen LogP contribution in [0.1, 0.15) is 31.4 Å². The Kier molecular flexibility index (Phi) is 4.80. The number of ether oxygens (including phenoxy) is 3. The summed E-state index contributed by atoms with van der Waals surface area (Å²) in [5.74, 6) is 0.695. The van der Waals surface area contributed by atoms with Crippen molar-refractivity contribution < 1.29 is 19.3 Å². The molecule has 0 saturated carbocycles. The Labute approximate surface area is 114 Å². The number of hydrogen-bond donors (Lipinski definition) is 1. The lowest BCUT2D eigenvalue weighted by Gasteiger charge is -2.41. The molecule has 1 unspecified atom stereocenters. The Bertz CT molecular complexity index is 393. The van der Waals surface area contributed by atoms with Crippen molar-refractivity contribution in [3.05, 3.63) is 29.8 Å². The summed E-state index contributed by atoms with van der Waals surface area (Å²) in [5, 5.41) is 10.8. The maximum absolute atomic E-state index is 10.8. The van der Waals surface area contributed by atoms with Gasteiger partial charge in [-0.15, -0.1) is 0 Å². The topological polar surface area (TPSA) is 47.9 Å². The minimum Gasteiger partial charge on any atom is -0.496 e. The van der Waals surface area contributed by atoms with Gasteiger partial charge in [-0.25, -0.2) is 0 Å². The first-order valence-corrected chi connectivity index (χ1v) is 6.76. The summed E-state index contributed by atoms with van der Waals surface area (Å²) >= 11 is 0. The largest absolute Gasteiger partial charge is 0.496 e. The van der Waals surface area contributed by atoms with Crippen LogP contribution in [0.25, 0.3) is 0 Å². The van der Waals surface area contributed by atoms with Gasteiger partial charge in [0.15, 0.2) is 0 Å². The minimum atomic E-state index is -0.701. The van der Waals surface area contributed by atoms with Gasteiger partial charge in [-0.3, -0.25) is 0 Å². The molecule has 4 nitrogen and oxygen atoms in total. The van der Waals surface area contributed by atoms with E-state index >= 15 is 0 Å². The molecule has 0 bridgehead atoms. The van der Waals surface area contributed by atoms with E-state index in [1.165, 1.54) is 0 Å². The van der Waals surface area contributed by atoms with E-state index in [1.807, 2.05) is 31.2 Å². The second kappa shape index (κ2) is 6.37. The van der Waals surface area contributed by atoms with Crippen LogP contribution < -0.4 is 4.74 Å². The molecule has 1 aliphatic rings. The second-order valence-corrected chi connectivity index (χ2v) is 4.75. The van der Waals surface area contributed by atoms with Gasteiger partial charge in [-0.1, -0.05) is 18.2 Å². The summed E-state index contributed by atoms with van der Waals surface area (Å²) in [5.41, 5.74) is 0.210. The zero-order valence-electron chi connectivity index (χ0n) is 11.6. The quantitative estimate of drug-likeness (QED) is 0.888. The van der Waals surface area contributed by atoms with E-state index in [4.69, 9.17) is 14.2 Å².